The second kappa shape index (κ2) is 5.24. The smallest absolute Gasteiger partial charge is 0.412 e. The van der Waals surface area contributed by atoms with E-state index in [2.05, 4.69) is 24.4 Å². The van der Waals surface area contributed by atoms with Gasteiger partial charge in [0, 0.05) is 5.69 Å². The second-order valence-corrected chi connectivity index (χ2v) is 6.33. The molecule has 1 saturated carbocycles. The number of aryl methyl sites for hydroxylation is 1. The molecule has 0 atom stereocenters. The minimum Gasteiger partial charge on any atom is -0.444 e. The van der Waals surface area contributed by atoms with Gasteiger partial charge in [-0.05, 0) is 69.7 Å². The zero-order chi connectivity index (χ0) is 14.0. The lowest BCUT2D eigenvalue weighted by molar-refractivity contribution is 0.0636. The number of carbonyl (C=O) groups excluding carboxylic acids is 1. The molecule has 1 fully saturated rings. The van der Waals surface area contributed by atoms with Gasteiger partial charge in [-0.15, -0.1) is 0 Å². The summed E-state index contributed by atoms with van der Waals surface area (Å²) in [6.07, 6.45) is 3.44. The van der Waals surface area contributed by atoms with Gasteiger partial charge in [0.1, 0.15) is 5.60 Å². The lowest BCUT2D eigenvalue weighted by atomic mass is 9.78. The van der Waals surface area contributed by atoms with E-state index in [0.717, 1.165) is 5.69 Å². The predicted molar refractivity (Wildman–Crippen MR) is 77.6 cm³/mol. The zero-order valence-electron chi connectivity index (χ0n) is 12.2. The molecule has 1 aliphatic carbocycles. The van der Waals surface area contributed by atoms with Crippen molar-refractivity contribution < 1.29 is 9.53 Å². The first-order valence-electron chi connectivity index (χ1n) is 6.96. The Balaban J connectivity index is 2.06. The fourth-order valence-electron chi connectivity index (χ4n) is 2.30. The van der Waals surface area contributed by atoms with Crippen molar-refractivity contribution in [3.05, 3.63) is 29.3 Å². The van der Waals surface area contributed by atoms with E-state index >= 15 is 0 Å². The van der Waals surface area contributed by atoms with Crippen LogP contribution in [0.2, 0.25) is 0 Å². The largest absolute Gasteiger partial charge is 0.444 e. The first-order chi connectivity index (χ1) is 8.85. The molecule has 1 aliphatic rings. The highest BCUT2D eigenvalue weighted by atomic mass is 16.6. The number of rotatable bonds is 2. The van der Waals surface area contributed by atoms with Crippen LogP contribution in [-0.2, 0) is 4.74 Å². The number of anilines is 1. The van der Waals surface area contributed by atoms with Gasteiger partial charge >= 0.3 is 6.09 Å². The molecule has 1 amide bonds. The van der Waals surface area contributed by atoms with Crippen molar-refractivity contribution in [2.75, 3.05) is 5.32 Å². The summed E-state index contributed by atoms with van der Waals surface area (Å²) in [7, 11) is 0. The van der Waals surface area contributed by atoms with Crippen LogP contribution in [0.15, 0.2) is 18.2 Å². The Kier molecular flexibility index (Phi) is 3.83. The number of amides is 1. The average molecular weight is 261 g/mol. The number of benzene rings is 1. The van der Waals surface area contributed by atoms with Crippen molar-refractivity contribution in [3.63, 3.8) is 0 Å². The lowest BCUT2D eigenvalue weighted by Gasteiger charge is -2.28. The van der Waals surface area contributed by atoms with E-state index in [1.807, 2.05) is 26.8 Å². The van der Waals surface area contributed by atoms with Gasteiger partial charge in [0.25, 0.3) is 0 Å². The minimum absolute atomic E-state index is 0.393. The molecule has 104 valence electrons. The minimum atomic E-state index is -0.467. The van der Waals surface area contributed by atoms with Gasteiger partial charge in [-0.25, -0.2) is 4.79 Å². The number of ether oxygens (including phenoxy) is 1. The van der Waals surface area contributed by atoms with Gasteiger partial charge in [-0.3, -0.25) is 5.32 Å². The third kappa shape index (κ3) is 3.72. The SMILES string of the molecule is Cc1ccc(NC(=O)OC(C)(C)C)cc1C1CCC1. The molecular formula is C16H23NO2. The molecule has 0 aliphatic heterocycles. The van der Waals surface area contributed by atoms with Crippen LogP contribution in [-0.4, -0.2) is 11.7 Å². The summed E-state index contributed by atoms with van der Waals surface area (Å²) in [4.78, 5) is 11.7. The Morgan fingerprint density at radius 3 is 2.53 bits per heavy atom. The summed E-state index contributed by atoms with van der Waals surface area (Å²) in [5.74, 6) is 0.667. The highest BCUT2D eigenvalue weighted by Gasteiger charge is 2.22. The van der Waals surface area contributed by atoms with Crippen molar-refractivity contribution in [1.29, 1.82) is 0 Å². The fourth-order valence-corrected chi connectivity index (χ4v) is 2.30. The Hall–Kier alpha value is -1.51. The number of nitrogens with one attached hydrogen (secondary N) is 1. The topological polar surface area (TPSA) is 38.3 Å². The van der Waals surface area contributed by atoms with Crippen LogP contribution in [0.1, 0.15) is 57.1 Å². The van der Waals surface area contributed by atoms with E-state index < -0.39 is 11.7 Å². The molecular weight excluding hydrogens is 238 g/mol. The molecule has 1 N–H and O–H groups in total. The average Bonchev–Trinajstić information content (AvgIpc) is 2.17. The van der Waals surface area contributed by atoms with Crippen LogP contribution in [0, 0.1) is 6.92 Å². The molecule has 0 unspecified atom stereocenters. The van der Waals surface area contributed by atoms with E-state index in [1.165, 1.54) is 30.4 Å². The fraction of sp³-hybridized carbons (Fsp3) is 0.562. The third-order valence-electron chi connectivity index (χ3n) is 3.47. The van der Waals surface area contributed by atoms with Crippen LogP contribution in [0.4, 0.5) is 10.5 Å². The van der Waals surface area contributed by atoms with E-state index in [-0.39, 0.29) is 0 Å². The second-order valence-electron chi connectivity index (χ2n) is 6.33. The van der Waals surface area contributed by atoms with Crippen molar-refractivity contribution in [3.8, 4) is 0 Å². The summed E-state index contributed by atoms with van der Waals surface area (Å²) in [6, 6.07) is 6.09. The number of hydrogen-bond donors (Lipinski definition) is 1. The van der Waals surface area contributed by atoms with Crippen LogP contribution in [0.5, 0.6) is 0 Å². The molecule has 3 nitrogen and oxygen atoms in total. The highest BCUT2D eigenvalue weighted by molar-refractivity contribution is 5.85. The molecule has 0 heterocycles. The maximum Gasteiger partial charge on any atom is 0.412 e. The number of carbonyl (C=O) groups is 1. The Morgan fingerprint density at radius 2 is 2.00 bits per heavy atom. The number of hydrogen-bond acceptors (Lipinski definition) is 2. The Morgan fingerprint density at radius 1 is 1.32 bits per heavy atom. The molecule has 1 aromatic carbocycles. The first-order valence-corrected chi connectivity index (χ1v) is 6.96. The van der Waals surface area contributed by atoms with E-state index in [4.69, 9.17) is 4.74 Å². The molecule has 0 saturated heterocycles. The van der Waals surface area contributed by atoms with Crippen molar-refractivity contribution in [2.24, 2.45) is 0 Å². The summed E-state index contributed by atoms with van der Waals surface area (Å²) >= 11 is 0. The maximum atomic E-state index is 11.7. The summed E-state index contributed by atoms with van der Waals surface area (Å²) < 4.78 is 5.26. The van der Waals surface area contributed by atoms with Crippen molar-refractivity contribution in [2.45, 2.75) is 58.5 Å². The van der Waals surface area contributed by atoms with Crippen LogP contribution >= 0.6 is 0 Å². The maximum absolute atomic E-state index is 11.7. The van der Waals surface area contributed by atoms with Gasteiger partial charge in [0.15, 0.2) is 0 Å². The summed E-state index contributed by atoms with van der Waals surface area (Å²) in [5.41, 5.74) is 3.02. The lowest BCUT2D eigenvalue weighted by Crippen LogP contribution is -2.27. The van der Waals surface area contributed by atoms with E-state index in [1.54, 1.807) is 0 Å². The van der Waals surface area contributed by atoms with Gasteiger partial charge in [-0.1, -0.05) is 12.5 Å². The monoisotopic (exact) mass is 261 g/mol. The van der Waals surface area contributed by atoms with Gasteiger partial charge in [-0.2, -0.15) is 0 Å². The summed E-state index contributed by atoms with van der Waals surface area (Å²) in [5, 5.41) is 2.81. The first kappa shape index (κ1) is 13.9. The standard InChI is InChI=1S/C16H23NO2/c1-11-8-9-13(10-14(11)12-6-5-7-12)17-15(18)19-16(2,3)4/h8-10,12H,5-7H2,1-4H3,(H,17,18). The van der Waals surface area contributed by atoms with E-state index in [0.29, 0.717) is 5.92 Å². The molecule has 19 heavy (non-hydrogen) atoms. The quantitative estimate of drug-likeness (QED) is 0.844. The van der Waals surface area contributed by atoms with Crippen molar-refractivity contribution >= 4 is 11.8 Å². The molecule has 0 aromatic heterocycles. The summed E-state index contributed by atoms with van der Waals surface area (Å²) in [6.45, 7) is 7.72. The van der Waals surface area contributed by atoms with Crippen LogP contribution < -0.4 is 5.32 Å². The van der Waals surface area contributed by atoms with Crippen LogP contribution in [0.3, 0.4) is 0 Å². The molecule has 0 radical (unpaired) electrons. The highest BCUT2D eigenvalue weighted by Crippen LogP contribution is 2.38. The molecule has 0 spiro atoms. The van der Waals surface area contributed by atoms with Crippen LogP contribution in [0.25, 0.3) is 0 Å². The normalized spacial score (nSPS) is 15.8. The Bertz CT molecular complexity index is 470. The van der Waals surface area contributed by atoms with E-state index in [9.17, 15) is 4.79 Å². The third-order valence-corrected chi connectivity index (χ3v) is 3.47. The zero-order valence-corrected chi connectivity index (χ0v) is 12.2. The predicted octanol–water partition coefficient (Wildman–Crippen LogP) is 4.61. The van der Waals surface area contributed by atoms with Gasteiger partial charge in [0.05, 0.1) is 0 Å². The molecule has 2 rings (SSSR count). The molecule has 3 heteroatoms. The van der Waals surface area contributed by atoms with Crippen molar-refractivity contribution in [1.82, 2.24) is 0 Å². The molecule has 1 aromatic rings. The van der Waals surface area contributed by atoms with Gasteiger partial charge in [0.2, 0.25) is 0 Å². The van der Waals surface area contributed by atoms with Gasteiger partial charge < -0.3 is 4.74 Å². The molecule has 0 bridgehead atoms. The Labute approximate surface area is 115 Å².